The Kier molecular flexibility index (Phi) is 2.70. The molecule has 0 bridgehead atoms. The molecule has 2 aromatic heterocycles. The van der Waals surface area contributed by atoms with Crippen LogP contribution in [0.4, 0.5) is 0 Å². The van der Waals surface area contributed by atoms with Crippen LogP contribution in [0.25, 0.3) is 10.7 Å². The molecule has 0 atom stereocenters. The summed E-state index contributed by atoms with van der Waals surface area (Å²) in [6.45, 7) is 7.19. The Morgan fingerprint density at radius 3 is 2.93 bits per heavy atom. The first-order chi connectivity index (χ1) is 7.40. The summed E-state index contributed by atoms with van der Waals surface area (Å²) in [5.41, 5.74) is 1.06. The van der Waals surface area contributed by atoms with Crippen LogP contribution < -0.4 is 0 Å². The van der Waals surface area contributed by atoms with Gasteiger partial charge in [-0.05, 0) is 11.6 Å². The second-order valence-corrected chi connectivity index (χ2v) is 3.00. The minimum Gasteiger partial charge on any atom is -0.317 e. The van der Waals surface area contributed by atoms with Crippen LogP contribution in [-0.2, 0) is 6.42 Å². The molecule has 0 fully saturated rings. The molecule has 0 N–H and O–H groups in total. The summed E-state index contributed by atoms with van der Waals surface area (Å²) in [4.78, 5) is 11.4. The van der Waals surface area contributed by atoms with Crippen LogP contribution in [0.2, 0.25) is 0 Å². The molecule has 0 aliphatic rings. The third kappa shape index (κ3) is 2.17. The number of rotatable bonds is 3. The molecule has 0 amide bonds. The average molecular weight is 199 g/mol. The number of nitrogens with zero attached hydrogens (tertiary/aromatic N) is 5. The third-order valence-electron chi connectivity index (χ3n) is 1.97. The van der Waals surface area contributed by atoms with Crippen LogP contribution in [0.15, 0.2) is 31.0 Å². The van der Waals surface area contributed by atoms with Crippen LogP contribution >= 0.6 is 0 Å². The van der Waals surface area contributed by atoms with Crippen molar-refractivity contribution in [3.63, 3.8) is 0 Å². The summed E-state index contributed by atoms with van der Waals surface area (Å²) in [6.07, 6.45) is 5.58. The van der Waals surface area contributed by atoms with E-state index in [0.29, 0.717) is 6.54 Å². The van der Waals surface area contributed by atoms with Crippen molar-refractivity contribution in [2.45, 2.75) is 6.42 Å². The van der Waals surface area contributed by atoms with Gasteiger partial charge in [-0.15, -0.1) is 0 Å². The molecule has 0 aromatic carbocycles. The molecule has 0 spiro atoms. The molecular weight excluding hydrogens is 190 g/mol. The van der Waals surface area contributed by atoms with E-state index in [1.807, 2.05) is 12.1 Å². The summed E-state index contributed by atoms with van der Waals surface area (Å²) in [5.74, 6) is 0.735. The lowest BCUT2D eigenvalue weighted by molar-refractivity contribution is 0.841. The van der Waals surface area contributed by atoms with Crippen molar-refractivity contribution < 1.29 is 0 Å². The Hall–Kier alpha value is -2.22. The maximum Gasteiger partial charge on any atom is 0.218 e. The molecule has 2 rings (SSSR count). The fraction of sp³-hybridized carbons (Fsp3) is 0.200. The SMILES string of the molecule is [C-]#[N+]CCc1ccc(-n2cncn2)nc1. The van der Waals surface area contributed by atoms with Gasteiger partial charge in [-0.2, -0.15) is 5.10 Å². The Bertz CT molecular complexity index is 452. The minimum absolute atomic E-state index is 0.504. The molecule has 0 aliphatic heterocycles. The highest BCUT2D eigenvalue weighted by Crippen LogP contribution is 2.04. The zero-order valence-corrected chi connectivity index (χ0v) is 8.04. The van der Waals surface area contributed by atoms with E-state index in [1.165, 1.54) is 6.33 Å². The number of pyridine rings is 1. The van der Waals surface area contributed by atoms with Gasteiger partial charge in [0.15, 0.2) is 5.82 Å². The number of hydrogen-bond donors (Lipinski definition) is 0. The average Bonchev–Trinajstić information content (AvgIpc) is 2.80. The molecule has 2 aromatic rings. The topological polar surface area (TPSA) is 48.0 Å². The summed E-state index contributed by atoms with van der Waals surface area (Å²) < 4.78 is 1.60. The normalized spacial score (nSPS) is 9.80. The van der Waals surface area contributed by atoms with E-state index in [0.717, 1.165) is 17.8 Å². The van der Waals surface area contributed by atoms with Gasteiger partial charge in [0.1, 0.15) is 12.7 Å². The first-order valence-electron chi connectivity index (χ1n) is 4.53. The van der Waals surface area contributed by atoms with E-state index in [1.54, 1.807) is 17.2 Å². The van der Waals surface area contributed by atoms with Crippen LogP contribution in [0.1, 0.15) is 5.56 Å². The molecular formula is C10H9N5. The molecule has 0 saturated heterocycles. The monoisotopic (exact) mass is 199 g/mol. The highest BCUT2D eigenvalue weighted by atomic mass is 15.3. The summed E-state index contributed by atoms with van der Waals surface area (Å²) in [7, 11) is 0. The van der Waals surface area contributed by atoms with Gasteiger partial charge in [0.25, 0.3) is 0 Å². The predicted molar refractivity (Wildman–Crippen MR) is 54.3 cm³/mol. The maximum atomic E-state index is 6.69. The van der Waals surface area contributed by atoms with E-state index < -0.39 is 0 Å². The van der Waals surface area contributed by atoms with Crippen molar-refractivity contribution in [3.05, 3.63) is 48.0 Å². The molecule has 0 unspecified atom stereocenters. The van der Waals surface area contributed by atoms with Crippen LogP contribution in [0.3, 0.4) is 0 Å². The molecule has 74 valence electrons. The Morgan fingerprint density at radius 2 is 2.33 bits per heavy atom. The smallest absolute Gasteiger partial charge is 0.218 e. The number of hydrogen-bond acceptors (Lipinski definition) is 3. The summed E-state index contributed by atoms with van der Waals surface area (Å²) >= 11 is 0. The van der Waals surface area contributed by atoms with Gasteiger partial charge in [0, 0.05) is 12.6 Å². The van der Waals surface area contributed by atoms with Crippen molar-refractivity contribution in [2.24, 2.45) is 0 Å². The molecule has 2 heterocycles. The van der Waals surface area contributed by atoms with Crippen LogP contribution in [0, 0.1) is 6.57 Å². The Morgan fingerprint density at radius 1 is 1.40 bits per heavy atom. The summed E-state index contributed by atoms with van der Waals surface area (Å²) in [5, 5.41) is 3.97. The number of aromatic nitrogens is 4. The van der Waals surface area contributed by atoms with Crippen molar-refractivity contribution in [1.29, 1.82) is 0 Å². The lowest BCUT2D eigenvalue weighted by Crippen LogP contribution is -1.98. The van der Waals surface area contributed by atoms with Gasteiger partial charge in [-0.1, -0.05) is 6.07 Å². The van der Waals surface area contributed by atoms with E-state index in [9.17, 15) is 0 Å². The van der Waals surface area contributed by atoms with Gasteiger partial charge >= 0.3 is 0 Å². The minimum atomic E-state index is 0.504. The van der Waals surface area contributed by atoms with Crippen molar-refractivity contribution in [2.75, 3.05) is 6.54 Å². The van der Waals surface area contributed by atoms with E-state index in [-0.39, 0.29) is 0 Å². The first-order valence-corrected chi connectivity index (χ1v) is 4.53. The fourth-order valence-electron chi connectivity index (χ4n) is 1.21. The lowest BCUT2D eigenvalue weighted by atomic mass is 10.2. The third-order valence-corrected chi connectivity index (χ3v) is 1.97. The van der Waals surface area contributed by atoms with E-state index >= 15 is 0 Å². The second kappa shape index (κ2) is 4.33. The largest absolute Gasteiger partial charge is 0.317 e. The fourth-order valence-corrected chi connectivity index (χ4v) is 1.21. The predicted octanol–water partition coefficient (Wildman–Crippen LogP) is 1.12. The Labute approximate surface area is 87.2 Å². The maximum absolute atomic E-state index is 6.69. The first kappa shape index (κ1) is 9.34. The quantitative estimate of drug-likeness (QED) is 0.696. The Balaban J connectivity index is 2.15. The van der Waals surface area contributed by atoms with Gasteiger partial charge < -0.3 is 4.85 Å². The molecule has 5 nitrogen and oxygen atoms in total. The highest BCUT2D eigenvalue weighted by Gasteiger charge is 1.99. The lowest BCUT2D eigenvalue weighted by Gasteiger charge is -1.99. The van der Waals surface area contributed by atoms with Crippen molar-refractivity contribution >= 4 is 0 Å². The van der Waals surface area contributed by atoms with Crippen LogP contribution in [0.5, 0.6) is 0 Å². The molecule has 0 saturated carbocycles. The van der Waals surface area contributed by atoms with Gasteiger partial charge in [-0.25, -0.2) is 21.2 Å². The van der Waals surface area contributed by atoms with Gasteiger partial charge in [0.05, 0.1) is 0 Å². The van der Waals surface area contributed by atoms with Gasteiger partial charge in [0.2, 0.25) is 6.54 Å². The standard InChI is InChI=1S/C10H9N5/c1-11-5-4-9-2-3-10(13-6-9)15-8-12-7-14-15/h2-3,6-8H,4-5H2. The summed E-state index contributed by atoms with van der Waals surface area (Å²) in [6, 6.07) is 3.82. The molecule has 0 aliphatic carbocycles. The van der Waals surface area contributed by atoms with E-state index in [4.69, 9.17) is 6.57 Å². The van der Waals surface area contributed by atoms with Crippen molar-refractivity contribution in [1.82, 2.24) is 19.7 Å². The second-order valence-electron chi connectivity index (χ2n) is 3.00. The van der Waals surface area contributed by atoms with Gasteiger partial charge in [-0.3, -0.25) is 0 Å². The molecule has 0 radical (unpaired) electrons. The highest BCUT2D eigenvalue weighted by molar-refractivity contribution is 5.24. The zero-order chi connectivity index (χ0) is 10.5. The zero-order valence-electron chi connectivity index (χ0n) is 8.04. The molecule has 5 heteroatoms. The van der Waals surface area contributed by atoms with E-state index in [2.05, 4.69) is 19.9 Å². The van der Waals surface area contributed by atoms with Crippen LogP contribution in [-0.4, -0.2) is 26.3 Å². The molecule has 15 heavy (non-hydrogen) atoms. The van der Waals surface area contributed by atoms with Crippen molar-refractivity contribution in [3.8, 4) is 5.82 Å².